The van der Waals surface area contributed by atoms with Crippen molar-refractivity contribution < 1.29 is 13.2 Å². The van der Waals surface area contributed by atoms with E-state index in [4.69, 9.17) is 5.73 Å². The van der Waals surface area contributed by atoms with Crippen molar-refractivity contribution in [2.75, 3.05) is 11.1 Å². The molecule has 0 unspecified atom stereocenters. The van der Waals surface area contributed by atoms with Gasteiger partial charge in [-0.1, -0.05) is 12.1 Å². The third kappa shape index (κ3) is 3.19. The summed E-state index contributed by atoms with van der Waals surface area (Å²) in [7, 11) is 0. The molecule has 2 nitrogen and oxygen atoms in total. The van der Waals surface area contributed by atoms with Gasteiger partial charge in [0.2, 0.25) is 0 Å². The highest BCUT2D eigenvalue weighted by Crippen LogP contribution is 2.32. The molecule has 0 fully saturated rings. The number of nitrogens with one attached hydrogen (secondary N) is 1. The molecule has 2 rings (SSSR count). The normalized spacial score (nSPS) is 11.4. The van der Waals surface area contributed by atoms with E-state index in [0.717, 1.165) is 17.7 Å². The molecule has 0 aromatic heterocycles. The van der Waals surface area contributed by atoms with Crippen molar-refractivity contribution in [1.82, 2.24) is 0 Å². The number of nitrogens with two attached hydrogens (primary N) is 1. The first-order valence-corrected chi connectivity index (χ1v) is 5.67. The van der Waals surface area contributed by atoms with Crippen molar-refractivity contribution >= 4 is 17.1 Å². The summed E-state index contributed by atoms with van der Waals surface area (Å²) < 4.78 is 37.8. The van der Waals surface area contributed by atoms with E-state index in [0.29, 0.717) is 17.1 Å². The largest absolute Gasteiger partial charge is 0.416 e. The highest BCUT2D eigenvalue weighted by Gasteiger charge is 2.30. The quantitative estimate of drug-likeness (QED) is 0.793. The van der Waals surface area contributed by atoms with Crippen LogP contribution in [-0.2, 0) is 6.18 Å². The summed E-state index contributed by atoms with van der Waals surface area (Å²) >= 11 is 0. The van der Waals surface area contributed by atoms with Crippen molar-refractivity contribution in [3.63, 3.8) is 0 Å². The summed E-state index contributed by atoms with van der Waals surface area (Å²) in [6, 6.07) is 10.4. The van der Waals surface area contributed by atoms with Crippen molar-refractivity contribution in [2.45, 2.75) is 13.1 Å². The third-order valence-electron chi connectivity index (χ3n) is 2.68. The number of hydrogen-bond acceptors (Lipinski definition) is 2. The van der Waals surface area contributed by atoms with Gasteiger partial charge in [-0.25, -0.2) is 0 Å². The number of aryl methyl sites for hydroxylation is 1. The molecule has 0 bridgehead atoms. The van der Waals surface area contributed by atoms with Crippen LogP contribution in [0.1, 0.15) is 11.1 Å². The predicted octanol–water partition coefficient (Wildman–Crippen LogP) is 4.34. The first-order chi connectivity index (χ1) is 8.86. The highest BCUT2D eigenvalue weighted by molar-refractivity contribution is 5.73. The molecule has 3 N–H and O–H groups in total. The van der Waals surface area contributed by atoms with Gasteiger partial charge in [0, 0.05) is 5.69 Å². The second kappa shape index (κ2) is 4.84. The molecule has 0 radical (unpaired) electrons. The Morgan fingerprint density at radius 2 is 1.79 bits per heavy atom. The zero-order valence-corrected chi connectivity index (χ0v) is 10.3. The lowest BCUT2D eigenvalue weighted by atomic mass is 10.1. The molecule has 0 aliphatic heterocycles. The number of benzene rings is 2. The topological polar surface area (TPSA) is 38.0 Å². The second-order valence-corrected chi connectivity index (χ2v) is 4.29. The number of hydrogen-bond donors (Lipinski definition) is 2. The molecular formula is C14H13F3N2. The van der Waals surface area contributed by atoms with Gasteiger partial charge in [-0.2, -0.15) is 13.2 Å². The van der Waals surface area contributed by atoms with E-state index in [1.54, 1.807) is 18.2 Å². The smallest absolute Gasteiger partial charge is 0.397 e. The van der Waals surface area contributed by atoms with E-state index in [-0.39, 0.29) is 0 Å². The molecule has 0 saturated carbocycles. The number of halogens is 3. The molecule has 0 aliphatic carbocycles. The number of anilines is 3. The molecule has 5 heteroatoms. The minimum atomic E-state index is -4.35. The molecule has 19 heavy (non-hydrogen) atoms. The van der Waals surface area contributed by atoms with Gasteiger partial charge in [-0.3, -0.25) is 0 Å². The molecule has 0 atom stereocenters. The molecule has 0 saturated heterocycles. The van der Waals surface area contributed by atoms with Crippen LogP contribution < -0.4 is 11.1 Å². The van der Waals surface area contributed by atoms with Crippen LogP contribution >= 0.6 is 0 Å². The Labute approximate surface area is 109 Å². The Balaban J connectivity index is 2.31. The van der Waals surface area contributed by atoms with Gasteiger partial charge in [0.15, 0.2) is 0 Å². The lowest BCUT2D eigenvalue weighted by Crippen LogP contribution is -2.05. The second-order valence-electron chi connectivity index (χ2n) is 4.29. The van der Waals surface area contributed by atoms with Crippen LogP contribution in [-0.4, -0.2) is 0 Å². The summed E-state index contributed by atoms with van der Waals surface area (Å²) in [5.41, 5.74) is 7.50. The van der Waals surface area contributed by atoms with Gasteiger partial charge in [-0.15, -0.1) is 0 Å². The average molecular weight is 266 g/mol. The number of rotatable bonds is 2. The maximum atomic E-state index is 12.6. The van der Waals surface area contributed by atoms with Gasteiger partial charge < -0.3 is 11.1 Å². The van der Waals surface area contributed by atoms with Crippen LogP contribution in [0.25, 0.3) is 0 Å². The van der Waals surface area contributed by atoms with Crippen molar-refractivity contribution in [3.05, 3.63) is 53.6 Å². The van der Waals surface area contributed by atoms with E-state index in [1.165, 1.54) is 6.07 Å². The van der Waals surface area contributed by atoms with E-state index >= 15 is 0 Å². The van der Waals surface area contributed by atoms with Gasteiger partial charge in [-0.05, 0) is 42.8 Å². The molecular weight excluding hydrogens is 253 g/mol. The fraction of sp³-hybridized carbons (Fsp3) is 0.143. The van der Waals surface area contributed by atoms with Crippen LogP contribution in [0.15, 0.2) is 42.5 Å². The number of nitrogen functional groups attached to an aromatic ring is 1. The van der Waals surface area contributed by atoms with Crippen molar-refractivity contribution in [2.24, 2.45) is 0 Å². The van der Waals surface area contributed by atoms with Crippen molar-refractivity contribution in [1.29, 1.82) is 0 Å². The van der Waals surface area contributed by atoms with Crippen LogP contribution in [0.3, 0.4) is 0 Å². The first kappa shape index (κ1) is 13.3. The Morgan fingerprint density at radius 3 is 2.47 bits per heavy atom. The van der Waals surface area contributed by atoms with Gasteiger partial charge >= 0.3 is 6.18 Å². The zero-order chi connectivity index (χ0) is 14.0. The van der Waals surface area contributed by atoms with E-state index in [1.807, 2.05) is 13.0 Å². The minimum Gasteiger partial charge on any atom is -0.397 e. The summed E-state index contributed by atoms with van der Waals surface area (Å²) in [5.74, 6) is 0. The Hall–Kier alpha value is -2.17. The molecule has 0 heterocycles. The van der Waals surface area contributed by atoms with E-state index < -0.39 is 11.7 Å². The molecule has 0 spiro atoms. The maximum Gasteiger partial charge on any atom is 0.416 e. The summed E-state index contributed by atoms with van der Waals surface area (Å²) in [5, 5.41) is 2.90. The summed E-state index contributed by atoms with van der Waals surface area (Å²) in [6.07, 6.45) is -4.35. The Morgan fingerprint density at radius 1 is 1.05 bits per heavy atom. The molecule has 100 valence electrons. The summed E-state index contributed by atoms with van der Waals surface area (Å²) in [6.45, 7) is 1.89. The van der Waals surface area contributed by atoms with Crippen LogP contribution in [0, 0.1) is 6.92 Å². The van der Waals surface area contributed by atoms with E-state index in [9.17, 15) is 13.2 Å². The van der Waals surface area contributed by atoms with Gasteiger partial charge in [0.05, 0.1) is 16.9 Å². The van der Waals surface area contributed by atoms with Crippen LogP contribution in [0.2, 0.25) is 0 Å². The molecule has 0 aliphatic rings. The van der Waals surface area contributed by atoms with Gasteiger partial charge in [0.1, 0.15) is 0 Å². The molecule has 2 aromatic rings. The standard InChI is InChI=1S/C14H13F3N2/c1-9-5-6-12(18)13(7-9)19-11-4-2-3-10(8-11)14(15,16)17/h2-8,19H,18H2,1H3. The molecule has 2 aromatic carbocycles. The predicted molar refractivity (Wildman–Crippen MR) is 70.3 cm³/mol. The van der Waals surface area contributed by atoms with Crippen molar-refractivity contribution in [3.8, 4) is 0 Å². The molecule has 0 amide bonds. The first-order valence-electron chi connectivity index (χ1n) is 5.67. The Bertz CT molecular complexity index is 591. The summed E-state index contributed by atoms with van der Waals surface area (Å²) in [4.78, 5) is 0. The SMILES string of the molecule is Cc1ccc(N)c(Nc2cccc(C(F)(F)F)c2)c1. The minimum absolute atomic E-state index is 0.354. The monoisotopic (exact) mass is 266 g/mol. The Kier molecular flexibility index (Phi) is 3.38. The van der Waals surface area contributed by atoms with Crippen LogP contribution in [0.5, 0.6) is 0 Å². The van der Waals surface area contributed by atoms with Crippen LogP contribution in [0.4, 0.5) is 30.2 Å². The maximum absolute atomic E-state index is 12.6. The van der Waals surface area contributed by atoms with Gasteiger partial charge in [0.25, 0.3) is 0 Å². The third-order valence-corrected chi connectivity index (χ3v) is 2.68. The fourth-order valence-electron chi connectivity index (χ4n) is 1.71. The van der Waals surface area contributed by atoms with E-state index in [2.05, 4.69) is 5.32 Å². The lowest BCUT2D eigenvalue weighted by Gasteiger charge is -2.12. The average Bonchev–Trinajstić information content (AvgIpc) is 2.33. The zero-order valence-electron chi connectivity index (χ0n) is 10.3. The highest BCUT2D eigenvalue weighted by atomic mass is 19.4. The fourth-order valence-corrected chi connectivity index (χ4v) is 1.71. The lowest BCUT2D eigenvalue weighted by molar-refractivity contribution is -0.137. The number of alkyl halides is 3.